The minimum Gasteiger partial charge on any atom is -0.490 e. The molecule has 1 heterocycles. The highest BCUT2D eigenvalue weighted by molar-refractivity contribution is 7.80. The van der Waals surface area contributed by atoms with Crippen molar-refractivity contribution in [3.8, 4) is 5.75 Å². The van der Waals surface area contributed by atoms with Crippen LogP contribution < -0.4 is 20.3 Å². The molecule has 2 aromatic carbocycles. The summed E-state index contributed by atoms with van der Waals surface area (Å²) in [6.45, 7) is 4.48. The summed E-state index contributed by atoms with van der Waals surface area (Å²) in [6.07, 6.45) is 7.89. The molecule has 2 fully saturated rings. The molecule has 1 atom stereocenters. The zero-order chi connectivity index (χ0) is 20.1. The summed E-state index contributed by atoms with van der Waals surface area (Å²) in [7, 11) is 0. The fraction of sp³-hybridized carbons (Fsp3) is 0.458. The Morgan fingerprint density at radius 1 is 0.966 bits per heavy atom. The van der Waals surface area contributed by atoms with Crippen molar-refractivity contribution in [2.45, 2.75) is 57.6 Å². The molecule has 2 N–H and O–H groups in total. The maximum atomic E-state index is 6.02. The van der Waals surface area contributed by atoms with Crippen LogP contribution in [0.15, 0.2) is 48.5 Å². The molecule has 0 aromatic heterocycles. The average molecular weight is 410 g/mol. The molecule has 0 radical (unpaired) electrons. The number of thiocarbonyl (C=S) groups is 1. The third-order valence-corrected chi connectivity index (χ3v) is 6.15. The summed E-state index contributed by atoms with van der Waals surface area (Å²) in [4.78, 5) is 2.45. The fourth-order valence-electron chi connectivity index (χ4n) is 4.21. The molecule has 2 aliphatic rings. The Bertz CT molecular complexity index is 794. The molecular formula is C24H31N3OS. The molecule has 0 unspecified atom stereocenters. The second-order valence-corrected chi connectivity index (χ2v) is 8.56. The molecular weight excluding hydrogens is 378 g/mol. The second kappa shape index (κ2) is 9.49. The normalized spacial score (nSPS) is 17.9. The van der Waals surface area contributed by atoms with Gasteiger partial charge < -0.3 is 20.3 Å². The average Bonchev–Trinajstić information content (AvgIpc) is 3.44. The molecule has 1 aliphatic carbocycles. The van der Waals surface area contributed by atoms with Crippen molar-refractivity contribution in [2.24, 2.45) is 0 Å². The lowest BCUT2D eigenvalue weighted by atomic mass is 10.1. The van der Waals surface area contributed by atoms with E-state index in [1.54, 1.807) is 0 Å². The van der Waals surface area contributed by atoms with Crippen LogP contribution in [0.4, 0.5) is 11.4 Å². The number of ether oxygens (including phenoxy) is 1. The summed E-state index contributed by atoms with van der Waals surface area (Å²) >= 11 is 5.51. The summed E-state index contributed by atoms with van der Waals surface area (Å²) in [6, 6.07) is 17.1. The molecule has 5 heteroatoms. The van der Waals surface area contributed by atoms with Gasteiger partial charge in [-0.05, 0) is 99.6 Å². The van der Waals surface area contributed by atoms with Gasteiger partial charge in [0.2, 0.25) is 0 Å². The van der Waals surface area contributed by atoms with Crippen molar-refractivity contribution in [1.29, 1.82) is 0 Å². The fourth-order valence-corrected chi connectivity index (χ4v) is 4.51. The van der Waals surface area contributed by atoms with Gasteiger partial charge in [0.15, 0.2) is 5.11 Å². The van der Waals surface area contributed by atoms with E-state index in [1.807, 2.05) is 24.3 Å². The third kappa shape index (κ3) is 5.41. The van der Waals surface area contributed by atoms with E-state index in [-0.39, 0.29) is 6.04 Å². The van der Waals surface area contributed by atoms with E-state index in [9.17, 15) is 0 Å². The third-order valence-electron chi connectivity index (χ3n) is 5.93. The maximum absolute atomic E-state index is 6.02. The smallest absolute Gasteiger partial charge is 0.171 e. The van der Waals surface area contributed by atoms with Gasteiger partial charge in [0.05, 0.1) is 12.1 Å². The van der Waals surface area contributed by atoms with Crippen LogP contribution >= 0.6 is 12.2 Å². The van der Waals surface area contributed by atoms with E-state index in [4.69, 9.17) is 17.0 Å². The quantitative estimate of drug-likeness (QED) is 0.603. The standard InChI is InChI=1S/C24H31N3OS/c1-18(19-8-12-21(13-9-19)27-16-4-5-17-27)25-24(29)26-20-10-14-23(15-11-20)28-22-6-2-3-7-22/h8-15,18,22H,2-7,16-17H2,1H3,(H2,25,26,29)/t18-/m1/s1. The number of hydrogen-bond donors (Lipinski definition) is 2. The van der Waals surface area contributed by atoms with Crippen molar-refractivity contribution in [2.75, 3.05) is 23.3 Å². The SMILES string of the molecule is C[C@@H](NC(=S)Nc1ccc(OC2CCCC2)cc1)c1ccc(N2CCCC2)cc1. The van der Waals surface area contributed by atoms with Gasteiger partial charge in [-0.25, -0.2) is 0 Å². The zero-order valence-corrected chi connectivity index (χ0v) is 18.0. The first-order valence-electron chi connectivity index (χ1n) is 10.9. The van der Waals surface area contributed by atoms with Crippen molar-refractivity contribution in [1.82, 2.24) is 5.32 Å². The predicted molar refractivity (Wildman–Crippen MR) is 125 cm³/mol. The number of anilines is 2. The molecule has 2 aromatic rings. The highest BCUT2D eigenvalue weighted by Gasteiger charge is 2.16. The minimum atomic E-state index is 0.146. The Morgan fingerprint density at radius 2 is 1.62 bits per heavy atom. The van der Waals surface area contributed by atoms with E-state index in [2.05, 4.69) is 46.7 Å². The Kier molecular flexibility index (Phi) is 6.55. The number of nitrogens with one attached hydrogen (secondary N) is 2. The first-order chi connectivity index (χ1) is 14.2. The summed E-state index contributed by atoms with van der Waals surface area (Å²) in [5, 5.41) is 7.29. The molecule has 4 nitrogen and oxygen atoms in total. The Labute approximate surface area is 179 Å². The molecule has 1 aliphatic heterocycles. The van der Waals surface area contributed by atoms with Gasteiger partial charge >= 0.3 is 0 Å². The van der Waals surface area contributed by atoms with Crippen LogP contribution in [0.5, 0.6) is 5.75 Å². The lowest BCUT2D eigenvalue weighted by Gasteiger charge is -2.20. The number of benzene rings is 2. The first-order valence-corrected chi connectivity index (χ1v) is 11.3. The molecule has 0 bridgehead atoms. The van der Waals surface area contributed by atoms with E-state index in [0.29, 0.717) is 11.2 Å². The molecule has 0 spiro atoms. The number of rotatable bonds is 6. The highest BCUT2D eigenvalue weighted by atomic mass is 32.1. The molecule has 1 saturated heterocycles. The Morgan fingerprint density at radius 3 is 2.28 bits per heavy atom. The van der Waals surface area contributed by atoms with Gasteiger partial charge in [-0.3, -0.25) is 0 Å². The molecule has 0 amide bonds. The van der Waals surface area contributed by atoms with Crippen molar-refractivity contribution in [3.05, 3.63) is 54.1 Å². The Balaban J connectivity index is 1.27. The van der Waals surface area contributed by atoms with Gasteiger partial charge in [0.25, 0.3) is 0 Å². The van der Waals surface area contributed by atoms with E-state index < -0.39 is 0 Å². The predicted octanol–water partition coefficient (Wildman–Crippen LogP) is 5.66. The molecule has 4 rings (SSSR count). The molecule has 1 saturated carbocycles. The van der Waals surface area contributed by atoms with Crippen LogP contribution in [0.1, 0.15) is 57.1 Å². The van der Waals surface area contributed by atoms with Crippen LogP contribution in [0.2, 0.25) is 0 Å². The maximum Gasteiger partial charge on any atom is 0.171 e. The first kappa shape index (κ1) is 20.0. The van der Waals surface area contributed by atoms with Gasteiger partial charge in [0.1, 0.15) is 5.75 Å². The van der Waals surface area contributed by atoms with Gasteiger partial charge in [-0.1, -0.05) is 12.1 Å². The van der Waals surface area contributed by atoms with E-state index in [0.717, 1.165) is 11.4 Å². The summed E-state index contributed by atoms with van der Waals surface area (Å²) in [5.41, 5.74) is 3.52. The van der Waals surface area contributed by atoms with Gasteiger partial charge in [-0.2, -0.15) is 0 Å². The van der Waals surface area contributed by atoms with Crippen LogP contribution in [-0.4, -0.2) is 24.3 Å². The zero-order valence-electron chi connectivity index (χ0n) is 17.2. The minimum absolute atomic E-state index is 0.146. The topological polar surface area (TPSA) is 36.5 Å². The van der Waals surface area contributed by atoms with Crippen LogP contribution in [0, 0.1) is 0 Å². The lowest BCUT2D eigenvalue weighted by Crippen LogP contribution is -2.30. The molecule has 29 heavy (non-hydrogen) atoms. The largest absolute Gasteiger partial charge is 0.490 e. The number of nitrogens with zero attached hydrogens (tertiary/aromatic N) is 1. The van der Waals surface area contributed by atoms with Crippen molar-refractivity contribution >= 4 is 28.7 Å². The highest BCUT2D eigenvalue weighted by Crippen LogP contribution is 2.25. The Hall–Kier alpha value is -2.27. The summed E-state index contributed by atoms with van der Waals surface area (Å²) in [5.74, 6) is 0.938. The van der Waals surface area contributed by atoms with Crippen LogP contribution in [0.25, 0.3) is 0 Å². The molecule has 154 valence electrons. The van der Waals surface area contributed by atoms with Crippen LogP contribution in [0.3, 0.4) is 0 Å². The van der Waals surface area contributed by atoms with Crippen LogP contribution in [-0.2, 0) is 0 Å². The summed E-state index contributed by atoms with van der Waals surface area (Å²) < 4.78 is 6.02. The monoisotopic (exact) mass is 409 g/mol. The van der Waals surface area contributed by atoms with Gasteiger partial charge in [0, 0.05) is 24.5 Å². The lowest BCUT2D eigenvalue weighted by molar-refractivity contribution is 0.210. The number of hydrogen-bond acceptors (Lipinski definition) is 3. The van der Waals surface area contributed by atoms with E-state index in [1.165, 1.54) is 62.9 Å². The van der Waals surface area contributed by atoms with Crippen molar-refractivity contribution < 1.29 is 4.74 Å². The second-order valence-electron chi connectivity index (χ2n) is 8.15. The van der Waals surface area contributed by atoms with Gasteiger partial charge in [-0.15, -0.1) is 0 Å². The van der Waals surface area contributed by atoms with E-state index >= 15 is 0 Å². The van der Waals surface area contributed by atoms with Crippen molar-refractivity contribution in [3.63, 3.8) is 0 Å².